The van der Waals surface area contributed by atoms with Gasteiger partial charge in [-0.1, -0.05) is 18.2 Å². The van der Waals surface area contributed by atoms with Crippen molar-refractivity contribution in [3.63, 3.8) is 0 Å². The number of amides is 1. The molecule has 3 heteroatoms. The minimum absolute atomic E-state index is 0.0315. The van der Waals surface area contributed by atoms with E-state index in [4.69, 9.17) is 0 Å². The molecule has 0 aliphatic carbocycles. The fourth-order valence-corrected chi connectivity index (χ4v) is 2.54. The lowest BCUT2D eigenvalue weighted by atomic mass is 10.0. The quantitative estimate of drug-likeness (QED) is 0.885. The Morgan fingerprint density at radius 2 is 2.17 bits per heavy atom. The number of carbonyl (C=O) groups is 1. The van der Waals surface area contributed by atoms with Gasteiger partial charge >= 0.3 is 0 Å². The molecule has 0 aromatic heterocycles. The molecular formula is C15H21NO2. The van der Waals surface area contributed by atoms with Crippen molar-refractivity contribution in [2.24, 2.45) is 0 Å². The summed E-state index contributed by atoms with van der Waals surface area (Å²) in [5.74, 6) is 0.134. The molecule has 1 aromatic carbocycles. The van der Waals surface area contributed by atoms with E-state index in [9.17, 15) is 9.90 Å². The first kappa shape index (κ1) is 13.1. The third kappa shape index (κ3) is 2.72. The van der Waals surface area contributed by atoms with Gasteiger partial charge in [-0.15, -0.1) is 0 Å². The smallest absolute Gasteiger partial charge is 0.227 e. The maximum Gasteiger partial charge on any atom is 0.227 e. The molecule has 1 atom stereocenters. The molecule has 98 valence electrons. The van der Waals surface area contributed by atoms with Crippen molar-refractivity contribution in [1.82, 2.24) is 4.90 Å². The molecule has 18 heavy (non-hydrogen) atoms. The van der Waals surface area contributed by atoms with Crippen molar-refractivity contribution in [3.8, 4) is 0 Å². The molecule has 0 radical (unpaired) electrons. The summed E-state index contributed by atoms with van der Waals surface area (Å²) in [6, 6.07) is 6.19. The molecule has 1 aliphatic rings. The second kappa shape index (κ2) is 5.53. The van der Waals surface area contributed by atoms with Crippen LogP contribution in [0.1, 0.15) is 29.5 Å². The second-order valence-electron chi connectivity index (χ2n) is 5.16. The van der Waals surface area contributed by atoms with Crippen molar-refractivity contribution < 1.29 is 9.90 Å². The fourth-order valence-electron chi connectivity index (χ4n) is 2.54. The van der Waals surface area contributed by atoms with Crippen LogP contribution in [0.15, 0.2) is 18.2 Å². The molecule has 3 nitrogen and oxygen atoms in total. The van der Waals surface area contributed by atoms with E-state index in [2.05, 4.69) is 26.0 Å². The highest BCUT2D eigenvalue weighted by atomic mass is 16.3. The van der Waals surface area contributed by atoms with Gasteiger partial charge in [0.2, 0.25) is 5.91 Å². The van der Waals surface area contributed by atoms with Crippen molar-refractivity contribution in [1.29, 1.82) is 0 Å². The molecular weight excluding hydrogens is 226 g/mol. The van der Waals surface area contributed by atoms with Crippen LogP contribution < -0.4 is 0 Å². The first-order chi connectivity index (χ1) is 8.61. The number of aliphatic hydroxyl groups excluding tert-OH is 1. The molecule has 1 saturated heterocycles. The standard InChI is InChI=1S/C15H21NO2/c1-11-5-6-13(8-12(11)2)9-15(18)16-7-3-4-14(16)10-17/h5-6,8,14,17H,3-4,7,9-10H2,1-2H3. The van der Waals surface area contributed by atoms with E-state index < -0.39 is 0 Å². The SMILES string of the molecule is Cc1ccc(CC(=O)N2CCCC2CO)cc1C. The molecule has 1 fully saturated rings. The Morgan fingerprint density at radius 3 is 2.83 bits per heavy atom. The Morgan fingerprint density at radius 1 is 1.39 bits per heavy atom. The van der Waals surface area contributed by atoms with E-state index in [1.165, 1.54) is 11.1 Å². The van der Waals surface area contributed by atoms with Gasteiger partial charge in [0.15, 0.2) is 0 Å². The number of likely N-dealkylation sites (tertiary alicyclic amines) is 1. The summed E-state index contributed by atoms with van der Waals surface area (Å²) in [4.78, 5) is 14.0. The molecule has 1 aliphatic heterocycles. The Bertz CT molecular complexity index is 442. The number of carbonyl (C=O) groups excluding carboxylic acids is 1. The third-order valence-electron chi connectivity index (χ3n) is 3.83. The number of hydrogen-bond donors (Lipinski definition) is 1. The average Bonchev–Trinajstić information content (AvgIpc) is 2.82. The zero-order valence-corrected chi connectivity index (χ0v) is 11.1. The Hall–Kier alpha value is -1.35. The highest BCUT2D eigenvalue weighted by molar-refractivity contribution is 5.79. The van der Waals surface area contributed by atoms with Gasteiger partial charge in [0.05, 0.1) is 19.1 Å². The van der Waals surface area contributed by atoms with Crippen molar-refractivity contribution >= 4 is 5.91 Å². The first-order valence-corrected chi connectivity index (χ1v) is 6.58. The van der Waals surface area contributed by atoms with Crippen LogP contribution in [0.2, 0.25) is 0 Å². The molecule has 1 heterocycles. The lowest BCUT2D eigenvalue weighted by Gasteiger charge is -2.23. The van der Waals surface area contributed by atoms with E-state index in [0.29, 0.717) is 6.42 Å². The Labute approximate surface area is 108 Å². The van der Waals surface area contributed by atoms with E-state index in [1.807, 2.05) is 11.0 Å². The summed E-state index contributed by atoms with van der Waals surface area (Å²) in [5.41, 5.74) is 3.53. The molecule has 0 bridgehead atoms. The van der Waals surface area contributed by atoms with Gasteiger partial charge in [0, 0.05) is 6.54 Å². The molecule has 1 aromatic rings. The van der Waals surface area contributed by atoms with Crippen LogP contribution >= 0.6 is 0 Å². The summed E-state index contributed by atoms with van der Waals surface area (Å²) < 4.78 is 0. The van der Waals surface area contributed by atoms with Crippen LogP contribution in [-0.2, 0) is 11.2 Å². The van der Waals surface area contributed by atoms with Crippen LogP contribution in [-0.4, -0.2) is 35.1 Å². The minimum atomic E-state index is 0.0315. The normalized spacial score (nSPS) is 19.3. The van der Waals surface area contributed by atoms with Gasteiger partial charge in [-0.25, -0.2) is 0 Å². The summed E-state index contributed by atoms with van der Waals surface area (Å²) in [7, 11) is 0. The van der Waals surface area contributed by atoms with E-state index in [1.54, 1.807) is 0 Å². The van der Waals surface area contributed by atoms with Gasteiger partial charge in [-0.3, -0.25) is 4.79 Å². The number of nitrogens with zero attached hydrogens (tertiary/aromatic N) is 1. The zero-order valence-electron chi connectivity index (χ0n) is 11.1. The highest BCUT2D eigenvalue weighted by Gasteiger charge is 2.27. The Kier molecular flexibility index (Phi) is 4.02. The second-order valence-corrected chi connectivity index (χ2v) is 5.16. The van der Waals surface area contributed by atoms with Crippen molar-refractivity contribution in [2.75, 3.05) is 13.2 Å². The molecule has 1 N–H and O–H groups in total. The van der Waals surface area contributed by atoms with Crippen LogP contribution in [0.4, 0.5) is 0 Å². The fraction of sp³-hybridized carbons (Fsp3) is 0.533. The number of aryl methyl sites for hydroxylation is 2. The van der Waals surface area contributed by atoms with Crippen LogP contribution in [0.5, 0.6) is 0 Å². The third-order valence-corrected chi connectivity index (χ3v) is 3.83. The maximum atomic E-state index is 12.2. The topological polar surface area (TPSA) is 40.5 Å². The molecule has 0 saturated carbocycles. The van der Waals surface area contributed by atoms with E-state index in [0.717, 1.165) is 24.9 Å². The van der Waals surface area contributed by atoms with Crippen LogP contribution in [0.3, 0.4) is 0 Å². The highest BCUT2D eigenvalue weighted by Crippen LogP contribution is 2.19. The lowest BCUT2D eigenvalue weighted by molar-refractivity contribution is -0.131. The van der Waals surface area contributed by atoms with Crippen molar-refractivity contribution in [3.05, 3.63) is 34.9 Å². The van der Waals surface area contributed by atoms with E-state index >= 15 is 0 Å². The minimum Gasteiger partial charge on any atom is -0.394 e. The summed E-state index contributed by atoms with van der Waals surface area (Å²) in [6.07, 6.45) is 2.37. The summed E-state index contributed by atoms with van der Waals surface area (Å²) in [6.45, 7) is 5.01. The monoisotopic (exact) mass is 247 g/mol. The summed E-state index contributed by atoms with van der Waals surface area (Å²) in [5, 5.41) is 9.24. The van der Waals surface area contributed by atoms with Gasteiger partial charge in [-0.2, -0.15) is 0 Å². The summed E-state index contributed by atoms with van der Waals surface area (Å²) >= 11 is 0. The lowest BCUT2D eigenvalue weighted by Crippen LogP contribution is -2.38. The van der Waals surface area contributed by atoms with Gasteiger partial charge < -0.3 is 10.0 Å². The molecule has 1 unspecified atom stereocenters. The maximum absolute atomic E-state index is 12.2. The van der Waals surface area contributed by atoms with Crippen LogP contribution in [0.25, 0.3) is 0 Å². The molecule has 0 spiro atoms. The zero-order chi connectivity index (χ0) is 13.1. The van der Waals surface area contributed by atoms with E-state index in [-0.39, 0.29) is 18.6 Å². The number of rotatable bonds is 3. The predicted octanol–water partition coefficient (Wildman–Crippen LogP) is 1.83. The van der Waals surface area contributed by atoms with Gasteiger partial charge in [-0.05, 0) is 43.4 Å². The van der Waals surface area contributed by atoms with Gasteiger partial charge in [0.25, 0.3) is 0 Å². The average molecular weight is 247 g/mol. The Balaban J connectivity index is 2.04. The predicted molar refractivity (Wildman–Crippen MR) is 71.4 cm³/mol. The van der Waals surface area contributed by atoms with Gasteiger partial charge in [0.1, 0.15) is 0 Å². The first-order valence-electron chi connectivity index (χ1n) is 6.58. The number of hydrogen-bond acceptors (Lipinski definition) is 2. The largest absolute Gasteiger partial charge is 0.394 e. The van der Waals surface area contributed by atoms with Crippen molar-refractivity contribution in [2.45, 2.75) is 39.2 Å². The van der Waals surface area contributed by atoms with Crippen LogP contribution in [0, 0.1) is 13.8 Å². The number of benzene rings is 1. The number of aliphatic hydroxyl groups is 1. The molecule has 1 amide bonds. The molecule has 2 rings (SSSR count).